The van der Waals surface area contributed by atoms with Crippen LogP contribution in [0.1, 0.15) is 74.0 Å². The molecule has 3 aromatic carbocycles. The Balaban J connectivity index is 0.000000191. The van der Waals surface area contributed by atoms with Crippen molar-refractivity contribution >= 4 is 0 Å². The first kappa shape index (κ1) is 44.8. The summed E-state index contributed by atoms with van der Waals surface area (Å²) < 4.78 is 34.3. The van der Waals surface area contributed by atoms with Gasteiger partial charge in [0, 0.05) is 30.0 Å². The van der Waals surface area contributed by atoms with Crippen molar-refractivity contribution in [3.8, 4) is 34.9 Å². The van der Waals surface area contributed by atoms with Crippen LogP contribution in [0.2, 0.25) is 0 Å². The highest BCUT2D eigenvalue weighted by Crippen LogP contribution is 2.36. The number of benzene rings is 3. The summed E-state index contributed by atoms with van der Waals surface area (Å²) in [6.45, 7) is 2.37. The Hall–Kier alpha value is -6.86. The number of aromatic nitrogens is 3. The quantitative estimate of drug-likeness (QED) is 0.0889. The monoisotopic (exact) mass is 801 g/mol. The molecule has 0 bridgehead atoms. The van der Waals surface area contributed by atoms with Crippen LogP contribution in [0.25, 0.3) is 10.4 Å². The van der Waals surface area contributed by atoms with Gasteiger partial charge in [0.05, 0.1) is 13.2 Å². The lowest BCUT2D eigenvalue weighted by molar-refractivity contribution is 0.0850. The van der Waals surface area contributed by atoms with Crippen molar-refractivity contribution in [2.24, 2.45) is 10.8 Å². The molecule has 0 saturated heterocycles. The lowest BCUT2D eigenvalue weighted by Gasteiger charge is -2.25. The molecule has 0 saturated carbocycles. The average Bonchev–Trinajstić information content (AvgIpc) is 3.28. The first-order chi connectivity index (χ1) is 27.6. The predicted octanol–water partition coefficient (Wildman–Crippen LogP) is 9.45. The van der Waals surface area contributed by atoms with Gasteiger partial charge >= 0.3 is 0 Å². The maximum absolute atomic E-state index is 9.00. The van der Waals surface area contributed by atoms with Crippen LogP contribution in [0.15, 0.2) is 133 Å². The Bertz CT molecular complexity index is 2140. The minimum Gasteiger partial charge on any atom is -0.484 e. The number of aliphatic hydroxyl groups excluding tert-OH is 1. The van der Waals surface area contributed by atoms with E-state index < -0.39 is 0 Å². The van der Waals surface area contributed by atoms with E-state index >= 15 is 0 Å². The molecule has 3 aliphatic rings. The Kier molecular flexibility index (Phi) is 16.9. The van der Waals surface area contributed by atoms with Gasteiger partial charge in [-0.25, -0.2) is 15.0 Å². The van der Waals surface area contributed by atoms with Crippen molar-refractivity contribution in [3.63, 3.8) is 0 Å². The predicted molar refractivity (Wildman–Crippen MR) is 225 cm³/mol. The van der Waals surface area contributed by atoms with Crippen LogP contribution in [0.5, 0.6) is 34.9 Å². The Morgan fingerprint density at radius 1 is 0.559 bits per heavy atom. The molecule has 0 radical (unpaired) electrons. The molecule has 3 aliphatic heterocycles. The first-order valence-corrected chi connectivity index (χ1v) is 17.9. The molecule has 6 heterocycles. The van der Waals surface area contributed by atoms with E-state index in [1.807, 2.05) is 109 Å². The van der Waals surface area contributed by atoms with Crippen LogP contribution < -0.4 is 34.2 Å². The molecule has 14 heteroatoms. The third kappa shape index (κ3) is 11.6. The van der Waals surface area contributed by atoms with E-state index in [2.05, 4.69) is 25.0 Å². The second-order valence-corrected chi connectivity index (χ2v) is 12.6. The molecule has 3 aromatic heterocycles. The summed E-state index contributed by atoms with van der Waals surface area (Å²) in [6, 6.07) is 34.4. The molecule has 308 valence electrons. The van der Waals surface area contributed by atoms with Crippen molar-refractivity contribution in [3.05, 3.63) is 172 Å². The van der Waals surface area contributed by atoms with Crippen LogP contribution in [0.3, 0.4) is 0 Å². The van der Waals surface area contributed by atoms with E-state index in [0.29, 0.717) is 67.8 Å². The van der Waals surface area contributed by atoms with Crippen molar-refractivity contribution in [2.45, 2.75) is 60.3 Å². The van der Waals surface area contributed by atoms with Gasteiger partial charge in [-0.1, -0.05) is 100 Å². The number of fused-ring (bicyclic) bond motifs is 3. The number of hydrogen-bond acceptors (Lipinski definition) is 12. The fraction of sp³-hybridized carbons (Fsp3) is 0.267. The van der Waals surface area contributed by atoms with Crippen LogP contribution in [-0.2, 0) is 19.7 Å². The fourth-order valence-electron chi connectivity index (χ4n) is 5.88. The summed E-state index contributed by atoms with van der Waals surface area (Å²) >= 11 is 0. The first-order valence-electron chi connectivity index (χ1n) is 17.9. The Morgan fingerprint density at radius 2 is 0.915 bits per heavy atom. The SMILES string of the molecule is C.C.C.NCc1ccc(C2COc3cccnc3O2)cc1.OCc1ccc(C2COc3cccnc3O2)cc1.[N-]=[N+]=NCc1ccc(C2COc3cccnc3O2)cc1. The standard InChI is InChI=1S/C14H12N4O2.C14H14N2O2.C14H13NO3.3CH4/c15-18-17-8-10-3-5-11(6-4-10)13-9-19-12-2-1-7-16-14(12)20-13;15-8-10-3-5-11(6-4-10)13-9-17-12-2-1-7-16-14(12)18-13;16-8-10-3-5-11(6-4-10)13-9-17-12-2-1-7-15-14(12)18-13;;;/h1-7,13H,8-9H2;1-7,13H,8-9,15H2;1-7,13,16H,8-9H2;3*1H4. The zero-order valence-electron chi connectivity index (χ0n) is 30.3. The summed E-state index contributed by atoms with van der Waals surface area (Å²) in [5.74, 6) is 3.65. The van der Waals surface area contributed by atoms with E-state index in [9.17, 15) is 0 Å². The van der Waals surface area contributed by atoms with Crippen LogP contribution >= 0.6 is 0 Å². The van der Waals surface area contributed by atoms with Gasteiger partial charge in [0.2, 0.25) is 0 Å². The van der Waals surface area contributed by atoms with Gasteiger partial charge in [-0.3, -0.25) is 0 Å². The van der Waals surface area contributed by atoms with Crippen molar-refractivity contribution in [1.29, 1.82) is 0 Å². The fourth-order valence-corrected chi connectivity index (χ4v) is 5.88. The molecule has 59 heavy (non-hydrogen) atoms. The van der Waals surface area contributed by atoms with E-state index in [1.54, 1.807) is 18.6 Å². The van der Waals surface area contributed by atoms with Gasteiger partial charge < -0.3 is 39.3 Å². The molecular weight excluding hydrogens is 751 g/mol. The summed E-state index contributed by atoms with van der Waals surface area (Å²) in [5.41, 5.74) is 19.9. The highest BCUT2D eigenvalue weighted by atomic mass is 16.6. The molecule has 0 aliphatic carbocycles. The van der Waals surface area contributed by atoms with Gasteiger partial charge in [0.15, 0.2) is 35.6 Å². The second kappa shape index (κ2) is 22.2. The smallest absolute Gasteiger partial charge is 0.257 e. The third-order valence-electron chi connectivity index (χ3n) is 8.93. The summed E-state index contributed by atoms with van der Waals surface area (Å²) in [6.07, 6.45) is 4.61. The average molecular weight is 802 g/mol. The molecular formula is C45H51N7O7. The van der Waals surface area contributed by atoms with E-state index in [-0.39, 0.29) is 47.2 Å². The zero-order chi connectivity index (χ0) is 38.5. The summed E-state index contributed by atoms with van der Waals surface area (Å²) in [7, 11) is 0. The Labute approximate surface area is 345 Å². The van der Waals surface area contributed by atoms with Gasteiger partial charge in [-0.15, -0.1) is 0 Å². The molecule has 14 nitrogen and oxygen atoms in total. The number of pyridine rings is 3. The molecule has 9 rings (SSSR count). The van der Waals surface area contributed by atoms with Gasteiger partial charge in [0.25, 0.3) is 17.6 Å². The van der Waals surface area contributed by atoms with E-state index in [4.69, 9.17) is 44.8 Å². The maximum atomic E-state index is 9.00. The lowest BCUT2D eigenvalue weighted by Crippen LogP contribution is -2.22. The minimum atomic E-state index is -0.175. The zero-order valence-corrected chi connectivity index (χ0v) is 30.3. The third-order valence-corrected chi connectivity index (χ3v) is 8.93. The van der Waals surface area contributed by atoms with Gasteiger partial charge in [-0.2, -0.15) is 0 Å². The number of aliphatic hydroxyl groups is 1. The molecule has 3 atom stereocenters. The summed E-state index contributed by atoms with van der Waals surface area (Å²) in [5, 5.41) is 12.5. The number of ether oxygens (including phenoxy) is 6. The second-order valence-electron chi connectivity index (χ2n) is 12.6. The van der Waals surface area contributed by atoms with Crippen molar-refractivity contribution in [2.75, 3.05) is 19.8 Å². The highest BCUT2D eigenvalue weighted by Gasteiger charge is 2.25. The molecule has 3 unspecified atom stereocenters. The molecule has 0 fully saturated rings. The molecule has 0 spiro atoms. The largest absolute Gasteiger partial charge is 0.484 e. The number of rotatable bonds is 7. The molecule has 3 N–H and O–H groups in total. The number of nitrogens with two attached hydrogens (primary N) is 1. The van der Waals surface area contributed by atoms with Crippen molar-refractivity contribution in [1.82, 2.24) is 15.0 Å². The Morgan fingerprint density at radius 3 is 1.25 bits per heavy atom. The summed E-state index contributed by atoms with van der Waals surface area (Å²) in [4.78, 5) is 15.2. The van der Waals surface area contributed by atoms with E-state index in [1.165, 1.54) is 0 Å². The van der Waals surface area contributed by atoms with Crippen LogP contribution in [-0.4, -0.2) is 39.9 Å². The number of azide groups is 1. The van der Waals surface area contributed by atoms with E-state index in [0.717, 1.165) is 33.4 Å². The maximum Gasteiger partial charge on any atom is 0.257 e. The number of hydrogen-bond donors (Lipinski definition) is 2. The topological polar surface area (TPSA) is 189 Å². The minimum absolute atomic E-state index is 0. The molecule has 6 aromatic rings. The van der Waals surface area contributed by atoms with Gasteiger partial charge in [0.1, 0.15) is 19.8 Å². The van der Waals surface area contributed by atoms with Gasteiger partial charge in [-0.05, 0) is 75.3 Å². The lowest BCUT2D eigenvalue weighted by atomic mass is 10.1. The normalized spacial score (nSPS) is 16.2. The molecule has 0 amide bonds. The van der Waals surface area contributed by atoms with Crippen LogP contribution in [0.4, 0.5) is 0 Å². The van der Waals surface area contributed by atoms with Crippen molar-refractivity contribution < 1.29 is 33.5 Å². The number of nitrogens with zero attached hydrogens (tertiary/aromatic N) is 6. The van der Waals surface area contributed by atoms with Crippen LogP contribution in [0, 0.1) is 0 Å². The highest BCUT2D eigenvalue weighted by molar-refractivity contribution is 5.38.